The van der Waals surface area contributed by atoms with Crippen LogP contribution in [-0.4, -0.2) is 29.2 Å². The van der Waals surface area contributed by atoms with Gasteiger partial charge in [-0.05, 0) is 27.2 Å². The van der Waals surface area contributed by atoms with Crippen LogP contribution in [-0.2, 0) is 4.74 Å². The van der Waals surface area contributed by atoms with Gasteiger partial charge >= 0.3 is 6.09 Å². The lowest BCUT2D eigenvalue weighted by Gasteiger charge is -2.27. The fourth-order valence-electron chi connectivity index (χ4n) is 1.30. The number of hydrogen-bond acceptors (Lipinski definition) is 3. The monoisotopic (exact) mass is 198 g/mol. The molecule has 0 saturated heterocycles. The van der Waals surface area contributed by atoms with E-state index < -0.39 is 5.60 Å². The molecular formula is C10H18N2O2. The van der Waals surface area contributed by atoms with Gasteiger partial charge in [-0.2, -0.15) is 0 Å². The highest BCUT2D eigenvalue weighted by atomic mass is 16.6. The summed E-state index contributed by atoms with van der Waals surface area (Å²) in [5, 5.41) is 0. The van der Waals surface area contributed by atoms with Gasteiger partial charge in [0.2, 0.25) is 0 Å². The molecule has 14 heavy (non-hydrogen) atoms. The van der Waals surface area contributed by atoms with Gasteiger partial charge in [0.25, 0.3) is 0 Å². The predicted molar refractivity (Wildman–Crippen MR) is 54.7 cm³/mol. The van der Waals surface area contributed by atoms with Crippen LogP contribution in [0.5, 0.6) is 0 Å². The van der Waals surface area contributed by atoms with Crippen molar-refractivity contribution >= 4 is 6.09 Å². The zero-order valence-electron chi connectivity index (χ0n) is 8.99. The fraction of sp³-hybridized carbons (Fsp3) is 0.700. The van der Waals surface area contributed by atoms with Gasteiger partial charge in [-0.15, -0.1) is 0 Å². The Kier molecular flexibility index (Phi) is 3.16. The molecule has 2 N–H and O–H groups in total. The van der Waals surface area contributed by atoms with Crippen LogP contribution in [0, 0.1) is 0 Å². The first-order valence-corrected chi connectivity index (χ1v) is 4.82. The number of carbonyl (C=O) groups is 1. The van der Waals surface area contributed by atoms with E-state index in [2.05, 4.69) is 0 Å². The Bertz CT molecular complexity index is 243. The molecule has 0 aliphatic carbocycles. The molecule has 4 nitrogen and oxygen atoms in total. The molecule has 0 saturated carbocycles. The summed E-state index contributed by atoms with van der Waals surface area (Å²) in [6.07, 6.45) is 4.17. The van der Waals surface area contributed by atoms with Crippen molar-refractivity contribution in [3.63, 3.8) is 0 Å². The van der Waals surface area contributed by atoms with Crippen molar-refractivity contribution in [1.82, 2.24) is 4.90 Å². The predicted octanol–water partition coefficient (Wildman–Crippen LogP) is 1.47. The van der Waals surface area contributed by atoms with E-state index in [0.717, 1.165) is 6.42 Å². The van der Waals surface area contributed by atoms with Gasteiger partial charge in [-0.25, -0.2) is 4.79 Å². The summed E-state index contributed by atoms with van der Waals surface area (Å²) in [5.74, 6) is 0. The Labute approximate surface area is 84.7 Å². The third kappa shape index (κ3) is 2.73. The molecule has 80 valence electrons. The summed E-state index contributed by atoms with van der Waals surface area (Å²) < 4.78 is 5.23. The van der Waals surface area contributed by atoms with Crippen LogP contribution in [0.25, 0.3) is 0 Å². The minimum Gasteiger partial charge on any atom is -0.443 e. The highest BCUT2D eigenvalue weighted by molar-refractivity contribution is 5.70. The van der Waals surface area contributed by atoms with Crippen molar-refractivity contribution in [2.24, 2.45) is 5.73 Å². The smallest absolute Gasteiger partial charge is 0.414 e. The second-order valence-corrected chi connectivity index (χ2v) is 4.40. The second-order valence-electron chi connectivity index (χ2n) is 4.40. The summed E-state index contributed by atoms with van der Waals surface area (Å²) in [5.41, 5.74) is 5.08. The second kappa shape index (κ2) is 4.00. The lowest BCUT2D eigenvalue weighted by Crippen LogP contribution is -2.41. The summed E-state index contributed by atoms with van der Waals surface area (Å²) in [7, 11) is 0. The quantitative estimate of drug-likeness (QED) is 0.694. The summed E-state index contributed by atoms with van der Waals surface area (Å²) >= 11 is 0. The first-order valence-electron chi connectivity index (χ1n) is 4.82. The van der Waals surface area contributed by atoms with Crippen LogP contribution in [0.1, 0.15) is 27.2 Å². The van der Waals surface area contributed by atoms with Crippen molar-refractivity contribution in [2.45, 2.75) is 38.8 Å². The Morgan fingerprint density at radius 3 is 2.79 bits per heavy atom. The maximum Gasteiger partial charge on any atom is 0.414 e. The van der Waals surface area contributed by atoms with E-state index in [9.17, 15) is 4.79 Å². The highest BCUT2D eigenvalue weighted by Gasteiger charge is 2.27. The van der Waals surface area contributed by atoms with Crippen molar-refractivity contribution < 1.29 is 9.53 Å². The Morgan fingerprint density at radius 1 is 1.64 bits per heavy atom. The largest absolute Gasteiger partial charge is 0.443 e. The molecule has 4 heteroatoms. The molecule has 0 aromatic heterocycles. The Balaban J connectivity index is 2.56. The first kappa shape index (κ1) is 11.0. The van der Waals surface area contributed by atoms with E-state index in [1.165, 1.54) is 0 Å². The molecule has 0 fully saturated rings. The van der Waals surface area contributed by atoms with E-state index in [-0.39, 0.29) is 12.1 Å². The minimum absolute atomic E-state index is 0.0600. The first-order chi connectivity index (χ1) is 6.44. The number of nitrogens with zero attached hydrogens (tertiary/aromatic N) is 1. The maximum atomic E-state index is 11.6. The molecular weight excluding hydrogens is 180 g/mol. The SMILES string of the molecule is CC(C)(C)OC(=O)N1C=CCC1CN. The van der Waals surface area contributed by atoms with Crippen molar-refractivity contribution in [1.29, 1.82) is 0 Å². The van der Waals surface area contributed by atoms with Crippen LogP contribution in [0.2, 0.25) is 0 Å². The van der Waals surface area contributed by atoms with Crippen LogP contribution >= 0.6 is 0 Å². The van der Waals surface area contributed by atoms with Crippen LogP contribution in [0.3, 0.4) is 0 Å². The van der Waals surface area contributed by atoms with Crippen LogP contribution < -0.4 is 5.73 Å². The third-order valence-electron chi connectivity index (χ3n) is 1.94. The van der Waals surface area contributed by atoms with E-state index >= 15 is 0 Å². The number of carbonyl (C=O) groups excluding carboxylic acids is 1. The van der Waals surface area contributed by atoms with Gasteiger partial charge in [0.1, 0.15) is 5.60 Å². The van der Waals surface area contributed by atoms with Gasteiger partial charge in [-0.1, -0.05) is 6.08 Å². The molecule has 0 aromatic carbocycles. The normalized spacial score (nSPS) is 21.4. The van der Waals surface area contributed by atoms with Gasteiger partial charge in [0, 0.05) is 12.7 Å². The molecule has 0 aromatic rings. The number of ether oxygens (including phenoxy) is 1. The molecule has 1 aliphatic rings. The zero-order valence-corrected chi connectivity index (χ0v) is 8.99. The van der Waals surface area contributed by atoms with Gasteiger partial charge in [0.15, 0.2) is 0 Å². The molecule has 0 radical (unpaired) electrons. The highest BCUT2D eigenvalue weighted by Crippen LogP contribution is 2.17. The standard InChI is InChI=1S/C10H18N2O2/c1-10(2,3)14-9(13)12-6-4-5-8(12)7-11/h4,6,8H,5,7,11H2,1-3H3. The van der Waals surface area contributed by atoms with Crippen molar-refractivity contribution in [2.75, 3.05) is 6.54 Å². The lowest BCUT2D eigenvalue weighted by molar-refractivity contribution is 0.0293. The topological polar surface area (TPSA) is 55.6 Å². The summed E-state index contributed by atoms with van der Waals surface area (Å²) in [6, 6.07) is 0.0600. The molecule has 1 atom stereocenters. The van der Waals surface area contributed by atoms with Crippen LogP contribution in [0.15, 0.2) is 12.3 Å². The molecule has 0 bridgehead atoms. The number of hydrogen-bond donors (Lipinski definition) is 1. The van der Waals surface area contributed by atoms with Gasteiger partial charge in [0.05, 0.1) is 6.04 Å². The molecule has 1 unspecified atom stereocenters. The Hall–Kier alpha value is -1.03. The summed E-state index contributed by atoms with van der Waals surface area (Å²) in [6.45, 7) is 6.01. The number of nitrogens with two attached hydrogens (primary N) is 1. The summed E-state index contributed by atoms with van der Waals surface area (Å²) in [4.78, 5) is 13.2. The van der Waals surface area contributed by atoms with E-state index in [1.54, 1.807) is 11.1 Å². The van der Waals surface area contributed by atoms with E-state index in [4.69, 9.17) is 10.5 Å². The van der Waals surface area contributed by atoms with Gasteiger partial charge in [-0.3, -0.25) is 4.90 Å². The zero-order chi connectivity index (χ0) is 10.8. The fourth-order valence-corrected chi connectivity index (χ4v) is 1.30. The number of rotatable bonds is 1. The third-order valence-corrected chi connectivity index (χ3v) is 1.94. The molecule has 1 heterocycles. The minimum atomic E-state index is -0.452. The van der Waals surface area contributed by atoms with Gasteiger partial charge < -0.3 is 10.5 Å². The van der Waals surface area contributed by atoms with E-state index in [0.29, 0.717) is 6.54 Å². The molecule has 1 aliphatic heterocycles. The van der Waals surface area contributed by atoms with Crippen molar-refractivity contribution in [3.8, 4) is 0 Å². The lowest BCUT2D eigenvalue weighted by atomic mass is 10.2. The number of amides is 1. The molecule has 1 rings (SSSR count). The van der Waals surface area contributed by atoms with Crippen LogP contribution in [0.4, 0.5) is 4.79 Å². The maximum absolute atomic E-state index is 11.6. The average molecular weight is 198 g/mol. The Morgan fingerprint density at radius 2 is 2.29 bits per heavy atom. The average Bonchev–Trinajstić information content (AvgIpc) is 2.47. The molecule has 0 spiro atoms. The van der Waals surface area contributed by atoms with Crippen molar-refractivity contribution in [3.05, 3.63) is 12.3 Å². The molecule has 1 amide bonds. The van der Waals surface area contributed by atoms with E-state index in [1.807, 2.05) is 26.8 Å².